The average molecular weight is 323 g/mol. The van der Waals surface area contributed by atoms with Crippen LogP contribution in [0.4, 0.5) is 21.9 Å². The van der Waals surface area contributed by atoms with Crippen LogP contribution < -0.4 is 10.6 Å². The number of nitro benzene ring substituents is 1. The Labute approximate surface area is 134 Å². The third-order valence-electron chi connectivity index (χ3n) is 3.15. The van der Waals surface area contributed by atoms with Gasteiger partial charge in [0, 0.05) is 24.9 Å². The second-order valence-electron chi connectivity index (χ2n) is 6.28. The number of hydrogen-bond donors (Lipinski definition) is 2. The Morgan fingerprint density at radius 3 is 2.70 bits per heavy atom. The van der Waals surface area contributed by atoms with Gasteiger partial charge in [0.1, 0.15) is 11.3 Å². The largest absolute Gasteiger partial charge is 0.444 e. The number of carbonyl (C=O) groups excluding carboxylic acids is 1. The van der Waals surface area contributed by atoms with Crippen molar-refractivity contribution in [2.75, 3.05) is 23.8 Å². The van der Waals surface area contributed by atoms with Gasteiger partial charge in [0.15, 0.2) is 0 Å². The molecule has 1 saturated heterocycles. The lowest BCUT2D eigenvalue weighted by molar-refractivity contribution is -0.384. The van der Waals surface area contributed by atoms with Crippen molar-refractivity contribution in [3.63, 3.8) is 0 Å². The number of amides is 1. The monoisotopic (exact) mass is 323 g/mol. The smallest absolute Gasteiger partial charge is 0.412 e. The third-order valence-corrected chi connectivity index (χ3v) is 3.15. The van der Waals surface area contributed by atoms with Gasteiger partial charge in [0.25, 0.3) is 5.69 Å². The van der Waals surface area contributed by atoms with E-state index in [0.717, 1.165) is 6.42 Å². The summed E-state index contributed by atoms with van der Waals surface area (Å²) < 4.78 is 10.4. The minimum atomic E-state index is -0.618. The number of nitrogens with one attached hydrogen (secondary N) is 2. The van der Waals surface area contributed by atoms with Crippen LogP contribution in [0.15, 0.2) is 18.2 Å². The summed E-state index contributed by atoms with van der Waals surface area (Å²) in [7, 11) is 0. The topological polar surface area (TPSA) is 103 Å². The van der Waals surface area contributed by atoms with Crippen LogP contribution >= 0.6 is 0 Å². The molecule has 2 N–H and O–H groups in total. The third kappa shape index (κ3) is 5.10. The van der Waals surface area contributed by atoms with E-state index >= 15 is 0 Å². The van der Waals surface area contributed by atoms with Crippen molar-refractivity contribution in [1.82, 2.24) is 0 Å². The molecule has 1 unspecified atom stereocenters. The molecule has 0 spiro atoms. The fourth-order valence-corrected chi connectivity index (χ4v) is 2.01. The van der Waals surface area contributed by atoms with Gasteiger partial charge in [0.05, 0.1) is 11.0 Å². The van der Waals surface area contributed by atoms with E-state index in [9.17, 15) is 14.9 Å². The van der Waals surface area contributed by atoms with Gasteiger partial charge < -0.3 is 14.8 Å². The van der Waals surface area contributed by atoms with Gasteiger partial charge in [-0.1, -0.05) is 0 Å². The van der Waals surface area contributed by atoms with Crippen molar-refractivity contribution in [2.45, 2.75) is 38.9 Å². The molecule has 0 saturated carbocycles. The zero-order valence-corrected chi connectivity index (χ0v) is 13.4. The Balaban J connectivity index is 2.08. The molecule has 0 radical (unpaired) electrons. The van der Waals surface area contributed by atoms with Gasteiger partial charge in [-0.05, 0) is 39.3 Å². The summed E-state index contributed by atoms with van der Waals surface area (Å²) in [6.07, 6.45) is 0.383. The predicted octanol–water partition coefficient (Wildman–Crippen LogP) is 3.14. The SMILES string of the molecule is CC(C)(C)OC(=O)Nc1ccc([N+](=O)[O-])c(NCC2CCO2)c1. The number of benzene rings is 1. The molecule has 0 bridgehead atoms. The Hall–Kier alpha value is -2.35. The molecule has 0 aliphatic carbocycles. The fraction of sp³-hybridized carbons (Fsp3) is 0.533. The zero-order chi connectivity index (χ0) is 17.0. The molecule has 1 aliphatic heterocycles. The molecule has 126 valence electrons. The lowest BCUT2D eigenvalue weighted by Crippen LogP contribution is -2.33. The quantitative estimate of drug-likeness (QED) is 0.637. The highest BCUT2D eigenvalue weighted by Gasteiger charge is 2.21. The zero-order valence-electron chi connectivity index (χ0n) is 13.4. The first-order valence-corrected chi connectivity index (χ1v) is 7.38. The number of rotatable bonds is 5. The van der Waals surface area contributed by atoms with Crippen molar-refractivity contribution in [1.29, 1.82) is 0 Å². The van der Waals surface area contributed by atoms with Crippen molar-refractivity contribution in [3.05, 3.63) is 28.3 Å². The molecule has 1 aromatic rings. The summed E-state index contributed by atoms with van der Waals surface area (Å²) >= 11 is 0. The summed E-state index contributed by atoms with van der Waals surface area (Å²) in [5.41, 5.74) is 0.0769. The number of carbonyl (C=O) groups is 1. The number of ether oxygens (including phenoxy) is 2. The van der Waals surface area contributed by atoms with Crippen molar-refractivity contribution in [2.24, 2.45) is 0 Å². The maximum atomic E-state index is 11.8. The van der Waals surface area contributed by atoms with Crippen LogP contribution in [0.5, 0.6) is 0 Å². The minimum Gasteiger partial charge on any atom is -0.444 e. The number of nitro groups is 1. The van der Waals surface area contributed by atoms with E-state index in [-0.39, 0.29) is 11.8 Å². The van der Waals surface area contributed by atoms with Crippen molar-refractivity contribution in [3.8, 4) is 0 Å². The van der Waals surface area contributed by atoms with Gasteiger partial charge in [-0.3, -0.25) is 15.4 Å². The highest BCUT2D eigenvalue weighted by atomic mass is 16.6. The van der Waals surface area contributed by atoms with Crippen molar-refractivity contribution >= 4 is 23.2 Å². The van der Waals surface area contributed by atoms with E-state index in [1.165, 1.54) is 18.2 Å². The van der Waals surface area contributed by atoms with Gasteiger partial charge in [0.2, 0.25) is 0 Å². The molecule has 23 heavy (non-hydrogen) atoms. The Bertz CT molecular complexity index is 593. The van der Waals surface area contributed by atoms with Crippen LogP contribution in [0.25, 0.3) is 0 Å². The van der Waals surface area contributed by atoms with Crippen LogP contribution in [-0.2, 0) is 9.47 Å². The van der Waals surface area contributed by atoms with Gasteiger partial charge in [-0.15, -0.1) is 0 Å². The summed E-state index contributed by atoms with van der Waals surface area (Å²) in [5.74, 6) is 0. The normalized spacial score (nSPS) is 17.1. The first kappa shape index (κ1) is 17.0. The van der Waals surface area contributed by atoms with Crippen LogP contribution in [-0.4, -0.2) is 35.9 Å². The molecular formula is C15H21N3O5. The van der Waals surface area contributed by atoms with E-state index in [1.807, 2.05) is 0 Å². The number of anilines is 2. The van der Waals surface area contributed by atoms with Crippen molar-refractivity contribution < 1.29 is 19.2 Å². The molecule has 0 aromatic heterocycles. The molecule has 8 heteroatoms. The Morgan fingerprint density at radius 1 is 1.48 bits per heavy atom. The second kappa shape index (κ2) is 6.82. The van der Waals surface area contributed by atoms with E-state index in [1.54, 1.807) is 20.8 Å². The maximum absolute atomic E-state index is 11.8. The number of hydrogen-bond acceptors (Lipinski definition) is 6. The van der Waals surface area contributed by atoms with E-state index in [2.05, 4.69) is 10.6 Å². The summed E-state index contributed by atoms with van der Waals surface area (Å²) in [5, 5.41) is 16.7. The van der Waals surface area contributed by atoms with E-state index in [0.29, 0.717) is 24.5 Å². The molecule has 1 heterocycles. The van der Waals surface area contributed by atoms with Gasteiger partial charge in [-0.2, -0.15) is 0 Å². The maximum Gasteiger partial charge on any atom is 0.412 e. The molecule has 2 rings (SSSR count). The van der Waals surface area contributed by atoms with Crippen LogP contribution in [0.1, 0.15) is 27.2 Å². The Morgan fingerprint density at radius 2 is 2.17 bits per heavy atom. The first-order valence-electron chi connectivity index (χ1n) is 7.38. The highest BCUT2D eigenvalue weighted by molar-refractivity contribution is 5.86. The summed E-state index contributed by atoms with van der Waals surface area (Å²) in [6.45, 7) is 6.47. The fourth-order valence-electron chi connectivity index (χ4n) is 2.01. The highest BCUT2D eigenvalue weighted by Crippen LogP contribution is 2.28. The molecule has 1 aliphatic rings. The first-order chi connectivity index (χ1) is 10.7. The van der Waals surface area contributed by atoms with Crippen LogP contribution in [0, 0.1) is 10.1 Å². The lowest BCUT2D eigenvalue weighted by Gasteiger charge is -2.26. The van der Waals surface area contributed by atoms with Gasteiger partial charge >= 0.3 is 6.09 Å². The number of nitrogens with zero attached hydrogens (tertiary/aromatic N) is 1. The lowest BCUT2D eigenvalue weighted by atomic mass is 10.1. The molecule has 1 aromatic carbocycles. The second-order valence-corrected chi connectivity index (χ2v) is 6.28. The molecule has 8 nitrogen and oxygen atoms in total. The summed E-state index contributed by atoms with van der Waals surface area (Å²) in [4.78, 5) is 22.4. The standard InChI is InChI=1S/C15H21N3O5/c1-15(2,3)23-14(19)17-10-4-5-13(18(20)21)12(8-10)16-9-11-6-7-22-11/h4-5,8,11,16H,6-7,9H2,1-3H3,(H,17,19). The molecular weight excluding hydrogens is 302 g/mol. The average Bonchev–Trinajstić information content (AvgIpc) is 2.34. The van der Waals surface area contributed by atoms with Gasteiger partial charge in [-0.25, -0.2) is 4.79 Å². The molecule has 1 amide bonds. The van der Waals surface area contributed by atoms with Crippen LogP contribution in [0.2, 0.25) is 0 Å². The van der Waals surface area contributed by atoms with E-state index < -0.39 is 16.6 Å². The minimum absolute atomic E-state index is 0.0564. The predicted molar refractivity (Wildman–Crippen MR) is 85.8 cm³/mol. The van der Waals surface area contributed by atoms with E-state index in [4.69, 9.17) is 9.47 Å². The summed E-state index contributed by atoms with van der Waals surface area (Å²) in [6, 6.07) is 4.32. The molecule has 1 atom stereocenters. The Kier molecular flexibility index (Phi) is 5.05. The molecule has 1 fully saturated rings. The van der Waals surface area contributed by atoms with Crippen LogP contribution in [0.3, 0.4) is 0 Å².